The van der Waals surface area contributed by atoms with E-state index in [1.807, 2.05) is 31.2 Å². The molecule has 1 aliphatic heterocycles. The summed E-state index contributed by atoms with van der Waals surface area (Å²) in [5.41, 5.74) is 7.14. The molecule has 1 fully saturated rings. The van der Waals surface area contributed by atoms with E-state index in [9.17, 15) is 9.59 Å². The minimum atomic E-state index is -0.477. The van der Waals surface area contributed by atoms with Gasteiger partial charge in [0.05, 0.1) is 18.7 Å². The first-order valence-corrected chi connectivity index (χ1v) is 9.26. The second-order valence-corrected chi connectivity index (χ2v) is 7.47. The van der Waals surface area contributed by atoms with Gasteiger partial charge in [-0.1, -0.05) is 0 Å². The van der Waals surface area contributed by atoms with Gasteiger partial charge < -0.3 is 20.7 Å². The molecule has 2 heterocycles. The molecule has 3 N–H and O–H groups in total. The Hall–Kier alpha value is -2.61. The number of carbonyl (C=O) groups excluding carboxylic acids is 2. The molecule has 26 heavy (non-hydrogen) atoms. The number of nitrogens with two attached hydrogens (primary N) is 1. The number of likely N-dealkylation sites (tertiary alicyclic amines) is 1. The zero-order chi connectivity index (χ0) is 18.7. The van der Waals surface area contributed by atoms with E-state index in [2.05, 4.69) is 10.3 Å². The first-order valence-electron chi connectivity index (χ1n) is 8.45. The quantitative estimate of drug-likeness (QED) is 0.860. The molecule has 1 atom stereocenters. The number of aromatic nitrogens is 1. The molecule has 1 saturated heterocycles. The van der Waals surface area contributed by atoms with E-state index in [1.165, 1.54) is 16.2 Å². The fourth-order valence-electron chi connectivity index (χ4n) is 3.07. The number of hydrogen-bond acceptors (Lipinski definition) is 5. The number of aryl methyl sites for hydroxylation is 1. The van der Waals surface area contributed by atoms with Crippen LogP contribution in [0.3, 0.4) is 0 Å². The lowest BCUT2D eigenvalue weighted by Gasteiger charge is -2.30. The van der Waals surface area contributed by atoms with Gasteiger partial charge in [-0.3, -0.25) is 4.79 Å². The predicted molar refractivity (Wildman–Crippen MR) is 101 cm³/mol. The molecule has 3 amide bonds. The highest BCUT2D eigenvalue weighted by atomic mass is 32.1. The summed E-state index contributed by atoms with van der Waals surface area (Å²) in [6, 6.07) is 7.17. The molecule has 7 nitrogen and oxygen atoms in total. The van der Waals surface area contributed by atoms with Gasteiger partial charge >= 0.3 is 6.03 Å². The van der Waals surface area contributed by atoms with E-state index < -0.39 is 6.03 Å². The van der Waals surface area contributed by atoms with E-state index in [-0.39, 0.29) is 11.8 Å². The van der Waals surface area contributed by atoms with E-state index >= 15 is 0 Å². The van der Waals surface area contributed by atoms with Crippen molar-refractivity contribution in [3.63, 3.8) is 0 Å². The Bertz CT molecular complexity index is 803. The molecule has 3 rings (SSSR count). The van der Waals surface area contributed by atoms with Gasteiger partial charge in [-0.15, -0.1) is 11.3 Å². The third-order valence-electron chi connectivity index (χ3n) is 4.49. The van der Waals surface area contributed by atoms with E-state index in [4.69, 9.17) is 10.5 Å². The number of amides is 3. The van der Waals surface area contributed by atoms with Crippen molar-refractivity contribution >= 4 is 28.4 Å². The third kappa shape index (κ3) is 3.96. The third-order valence-corrected chi connectivity index (χ3v) is 5.38. The highest BCUT2D eigenvalue weighted by Gasteiger charge is 2.28. The minimum Gasteiger partial charge on any atom is -0.497 e. The number of methoxy groups -OCH3 is 1. The molecular weight excluding hydrogens is 352 g/mol. The van der Waals surface area contributed by atoms with Crippen LogP contribution in [0.1, 0.15) is 17.7 Å². The molecule has 138 valence electrons. The van der Waals surface area contributed by atoms with Crippen LogP contribution in [0.15, 0.2) is 24.3 Å². The summed E-state index contributed by atoms with van der Waals surface area (Å²) in [7, 11) is 1.63. The number of primary amides is 1. The van der Waals surface area contributed by atoms with Crippen molar-refractivity contribution in [3.05, 3.63) is 29.1 Å². The highest BCUT2D eigenvalue weighted by Crippen LogP contribution is 2.31. The van der Waals surface area contributed by atoms with Crippen LogP contribution < -0.4 is 15.8 Å². The Labute approximate surface area is 156 Å². The molecule has 8 heteroatoms. The number of carbonyl (C=O) groups is 2. The molecule has 0 aliphatic carbocycles. The van der Waals surface area contributed by atoms with Crippen molar-refractivity contribution in [2.24, 2.45) is 11.7 Å². The summed E-state index contributed by atoms with van der Waals surface area (Å²) < 4.78 is 5.17. The van der Waals surface area contributed by atoms with Crippen molar-refractivity contribution in [1.29, 1.82) is 0 Å². The fraction of sp³-hybridized carbons (Fsp3) is 0.389. The standard InChI is InChI=1S/C18H22N4O3S/c1-11-15(12-5-7-14(25-2)8-6-12)20-18(26-11)21-16(23)13-4-3-9-22(10-13)17(19)24/h5-8,13H,3-4,9-10H2,1-2H3,(H2,19,24)(H,20,21,23)/t13-/m1/s1. The van der Waals surface area contributed by atoms with E-state index in [0.717, 1.165) is 34.7 Å². The number of nitrogens with zero attached hydrogens (tertiary/aromatic N) is 2. The number of thiazole rings is 1. The average molecular weight is 374 g/mol. The van der Waals surface area contributed by atoms with Crippen molar-refractivity contribution in [2.45, 2.75) is 19.8 Å². The van der Waals surface area contributed by atoms with Crippen molar-refractivity contribution in [1.82, 2.24) is 9.88 Å². The summed E-state index contributed by atoms with van der Waals surface area (Å²) in [4.78, 5) is 31.0. The normalized spacial score (nSPS) is 17.0. The minimum absolute atomic E-state index is 0.119. The van der Waals surface area contributed by atoms with Gasteiger partial charge in [0.2, 0.25) is 5.91 Å². The number of rotatable bonds is 4. The topological polar surface area (TPSA) is 97.6 Å². The van der Waals surface area contributed by atoms with Gasteiger partial charge in [-0.05, 0) is 44.0 Å². The Morgan fingerprint density at radius 3 is 2.73 bits per heavy atom. The SMILES string of the molecule is COc1ccc(-c2nc(NC(=O)[C@@H]3CCCN(C(N)=O)C3)sc2C)cc1. The zero-order valence-corrected chi connectivity index (χ0v) is 15.6. The summed E-state index contributed by atoms with van der Waals surface area (Å²) >= 11 is 1.44. The smallest absolute Gasteiger partial charge is 0.314 e. The number of hydrogen-bond donors (Lipinski definition) is 2. The number of anilines is 1. The number of ether oxygens (including phenoxy) is 1. The first-order chi connectivity index (χ1) is 12.5. The maximum atomic E-state index is 12.5. The van der Waals surface area contributed by atoms with E-state index in [1.54, 1.807) is 7.11 Å². The second-order valence-electron chi connectivity index (χ2n) is 6.26. The number of piperidine rings is 1. The summed E-state index contributed by atoms with van der Waals surface area (Å²) in [6.45, 7) is 2.94. The van der Waals surface area contributed by atoms with Gasteiger partial charge in [0, 0.05) is 23.5 Å². The van der Waals surface area contributed by atoms with Gasteiger partial charge in [0.15, 0.2) is 5.13 Å². The number of urea groups is 1. The summed E-state index contributed by atoms with van der Waals surface area (Å²) in [6.07, 6.45) is 1.51. The fourth-order valence-corrected chi connectivity index (χ4v) is 3.90. The van der Waals surface area contributed by atoms with Crippen LogP contribution in [0.4, 0.5) is 9.93 Å². The van der Waals surface area contributed by atoms with Crippen molar-refractivity contribution in [3.8, 4) is 17.0 Å². The summed E-state index contributed by atoms with van der Waals surface area (Å²) in [5.74, 6) is 0.405. The van der Waals surface area contributed by atoms with Crippen LogP contribution in [0.5, 0.6) is 5.75 Å². The van der Waals surface area contributed by atoms with Crippen LogP contribution in [0, 0.1) is 12.8 Å². The molecule has 0 spiro atoms. The lowest BCUT2D eigenvalue weighted by Crippen LogP contribution is -2.46. The molecule has 2 aromatic rings. The van der Waals surface area contributed by atoms with E-state index in [0.29, 0.717) is 18.2 Å². The van der Waals surface area contributed by atoms with Crippen LogP contribution in [-0.2, 0) is 4.79 Å². The maximum Gasteiger partial charge on any atom is 0.314 e. The molecule has 1 aromatic heterocycles. The molecule has 1 aliphatic rings. The predicted octanol–water partition coefficient (Wildman–Crippen LogP) is 2.86. The Kier molecular flexibility index (Phi) is 5.41. The molecule has 0 unspecified atom stereocenters. The first kappa shape index (κ1) is 18.2. The Morgan fingerprint density at radius 2 is 2.08 bits per heavy atom. The van der Waals surface area contributed by atoms with Crippen molar-refractivity contribution in [2.75, 3.05) is 25.5 Å². The maximum absolute atomic E-state index is 12.5. The molecular formula is C18H22N4O3S. The number of benzene rings is 1. The molecule has 0 saturated carbocycles. The van der Waals surface area contributed by atoms with Crippen molar-refractivity contribution < 1.29 is 14.3 Å². The highest BCUT2D eigenvalue weighted by molar-refractivity contribution is 7.16. The van der Waals surface area contributed by atoms with Gasteiger partial charge in [0.25, 0.3) is 0 Å². The average Bonchev–Trinajstić information content (AvgIpc) is 3.02. The zero-order valence-electron chi connectivity index (χ0n) is 14.8. The van der Waals surface area contributed by atoms with Crippen LogP contribution in [0.2, 0.25) is 0 Å². The Morgan fingerprint density at radius 1 is 1.35 bits per heavy atom. The monoisotopic (exact) mass is 374 g/mol. The Balaban J connectivity index is 1.70. The van der Waals surface area contributed by atoms with Gasteiger partial charge in [0.1, 0.15) is 5.75 Å². The van der Waals surface area contributed by atoms with Crippen LogP contribution >= 0.6 is 11.3 Å². The largest absolute Gasteiger partial charge is 0.497 e. The second kappa shape index (κ2) is 7.74. The number of nitrogens with one attached hydrogen (secondary N) is 1. The lowest BCUT2D eigenvalue weighted by atomic mass is 9.97. The van der Waals surface area contributed by atoms with Crippen LogP contribution in [-0.4, -0.2) is 42.0 Å². The molecule has 0 bridgehead atoms. The lowest BCUT2D eigenvalue weighted by molar-refractivity contribution is -0.121. The molecule has 1 aromatic carbocycles. The van der Waals surface area contributed by atoms with Crippen LogP contribution in [0.25, 0.3) is 11.3 Å². The summed E-state index contributed by atoms with van der Waals surface area (Å²) in [5, 5.41) is 3.45. The molecule has 0 radical (unpaired) electrons. The van der Waals surface area contributed by atoms with Gasteiger partial charge in [-0.2, -0.15) is 0 Å². The van der Waals surface area contributed by atoms with Gasteiger partial charge in [-0.25, -0.2) is 9.78 Å².